The van der Waals surface area contributed by atoms with Crippen molar-refractivity contribution in [3.05, 3.63) is 59.4 Å². The van der Waals surface area contributed by atoms with Crippen LogP contribution in [0.2, 0.25) is 0 Å². The highest BCUT2D eigenvalue weighted by molar-refractivity contribution is 6.03. The van der Waals surface area contributed by atoms with Crippen molar-refractivity contribution in [3.63, 3.8) is 0 Å². The van der Waals surface area contributed by atoms with Gasteiger partial charge in [0.05, 0.1) is 12.2 Å². The summed E-state index contributed by atoms with van der Waals surface area (Å²) in [5.41, 5.74) is 8.20. The number of rotatable bonds is 2. The first kappa shape index (κ1) is 13.8. The fraction of sp³-hybridized carbons (Fsp3) is 0.125. The molecule has 20 heavy (non-hydrogen) atoms. The molecule has 0 bridgehead atoms. The van der Waals surface area contributed by atoms with Gasteiger partial charge in [0.15, 0.2) is 0 Å². The Kier molecular flexibility index (Phi) is 4.48. The van der Waals surface area contributed by atoms with Gasteiger partial charge in [-0.3, -0.25) is 9.78 Å². The summed E-state index contributed by atoms with van der Waals surface area (Å²) in [6.45, 7) is 2.23. The summed E-state index contributed by atoms with van der Waals surface area (Å²) in [6, 6.07) is 10.9. The molecule has 1 aromatic heterocycles. The standard InChI is InChI=1S/C16H15N3O/c1-12-7-8-13(5-4-9-17)15(11-12)19-16(20)14-6-2-3-10-18-14/h2-3,6-8,10-11H,9,17H2,1H3,(H,19,20). The van der Waals surface area contributed by atoms with Crippen molar-refractivity contribution < 1.29 is 4.79 Å². The first-order chi connectivity index (χ1) is 9.70. The number of hydrogen-bond donors (Lipinski definition) is 2. The highest BCUT2D eigenvalue weighted by Gasteiger charge is 2.09. The largest absolute Gasteiger partial charge is 0.320 e. The summed E-state index contributed by atoms with van der Waals surface area (Å²) in [5, 5.41) is 2.83. The molecular formula is C16H15N3O. The van der Waals surface area contributed by atoms with Crippen molar-refractivity contribution in [2.75, 3.05) is 11.9 Å². The fourth-order valence-electron chi connectivity index (χ4n) is 1.70. The van der Waals surface area contributed by atoms with Gasteiger partial charge < -0.3 is 11.1 Å². The van der Waals surface area contributed by atoms with Crippen molar-refractivity contribution in [3.8, 4) is 11.8 Å². The summed E-state index contributed by atoms with van der Waals surface area (Å²) in [6.07, 6.45) is 1.58. The van der Waals surface area contributed by atoms with Crippen molar-refractivity contribution in [2.24, 2.45) is 5.73 Å². The van der Waals surface area contributed by atoms with E-state index in [1.165, 1.54) is 0 Å². The molecule has 0 spiro atoms. The molecule has 0 fully saturated rings. The van der Waals surface area contributed by atoms with E-state index >= 15 is 0 Å². The van der Waals surface area contributed by atoms with Crippen LogP contribution in [0.3, 0.4) is 0 Å². The van der Waals surface area contributed by atoms with Crippen LogP contribution in [0.4, 0.5) is 5.69 Å². The maximum absolute atomic E-state index is 12.1. The quantitative estimate of drug-likeness (QED) is 0.815. The van der Waals surface area contributed by atoms with Crippen molar-refractivity contribution in [1.29, 1.82) is 0 Å². The van der Waals surface area contributed by atoms with Gasteiger partial charge in [0.25, 0.3) is 5.91 Å². The van der Waals surface area contributed by atoms with E-state index in [2.05, 4.69) is 22.1 Å². The van der Waals surface area contributed by atoms with Crippen LogP contribution in [-0.4, -0.2) is 17.4 Å². The molecule has 1 heterocycles. The van der Waals surface area contributed by atoms with Crippen LogP contribution in [0.15, 0.2) is 42.6 Å². The molecule has 100 valence electrons. The average molecular weight is 265 g/mol. The molecule has 4 nitrogen and oxygen atoms in total. The molecule has 2 aromatic rings. The average Bonchev–Trinajstić information content (AvgIpc) is 2.47. The van der Waals surface area contributed by atoms with Gasteiger partial charge in [0.1, 0.15) is 5.69 Å². The minimum absolute atomic E-state index is 0.257. The molecule has 2 rings (SSSR count). The number of pyridine rings is 1. The Bertz CT molecular complexity index is 669. The molecule has 1 aromatic carbocycles. The molecule has 4 heteroatoms. The molecule has 0 unspecified atom stereocenters. The molecule has 0 aliphatic rings. The van der Waals surface area contributed by atoms with Crippen LogP contribution in [-0.2, 0) is 0 Å². The van der Waals surface area contributed by atoms with Gasteiger partial charge >= 0.3 is 0 Å². The van der Waals surface area contributed by atoms with E-state index in [-0.39, 0.29) is 12.5 Å². The molecule has 0 saturated carbocycles. The van der Waals surface area contributed by atoms with Crippen LogP contribution in [0.25, 0.3) is 0 Å². The van der Waals surface area contributed by atoms with Gasteiger partial charge in [-0.25, -0.2) is 0 Å². The number of nitrogens with one attached hydrogen (secondary N) is 1. The van der Waals surface area contributed by atoms with E-state index in [1.807, 2.05) is 25.1 Å². The Morgan fingerprint density at radius 2 is 2.20 bits per heavy atom. The predicted octanol–water partition coefficient (Wildman–Crippen LogP) is 1.95. The van der Waals surface area contributed by atoms with Gasteiger partial charge in [-0.15, -0.1) is 0 Å². The molecule has 0 radical (unpaired) electrons. The lowest BCUT2D eigenvalue weighted by Crippen LogP contribution is -2.14. The Morgan fingerprint density at radius 3 is 2.90 bits per heavy atom. The second-order valence-electron chi connectivity index (χ2n) is 4.22. The summed E-state index contributed by atoms with van der Waals surface area (Å²) in [7, 11) is 0. The molecule has 0 saturated heterocycles. The topological polar surface area (TPSA) is 68.0 Å². The van der Waals surface area contributed by atoms with E-state index in [0.717, 1.165) is 11.1 Å². The second-order valence-corrected chi connectivity index (χ2v) is 4.22. The van der Waals surface area contributed by atoms with Crippen LogP contribution in [0.1, 0.15) is 21.6 Å². The minimum Gasteiger partial charge on any atom is -0.320 e. The minimum atomic E-state index is -0.257. The normalized spacial score (nSPS) is 9.50. The van der Waals surface area contributed by atoms with Crippen molar-refractivity contribution in [1.82, 2.24) is 4.98 Å². The second kappa shape index (κ2) is 6.50. The maximum Gasteiger partial charge on any atom is 0.274 e. The Balaban J connectivity index is 2.28. The third-order valence-electron chi connectivity index (χ3n) is 2.65. The van der Waals surface area contributed by atoms with Gasteiger partial charge in [-0.2, -0.15) is 0 Å². The summed E-state index contributed by atoms with van der Waals surface area (Å²) >= 11 is 0. The highest BCUT2D eigenvalue weighted by atomic mass is 16.1. The van der Waals surface area contributed by atoms with Crippen molar-refractivity contribution in [2.45, 2.75) is 6.92 Å². The number of anilines is 1. The molecule has 0 aliphatic carbocycles. The van der Waals surface area contributed by atoms with Crippen LogP contribution in [0.5, 0.6) is 0 Å². The number of hydrogen-bond acceptors (Lipinski definition) is 3. The fourth-order valence-corrected chi connectivity index (χ4v) is 1.70. The lowest BCUT2D eigenvalue weighted by Gasteiger charge is -2.08. The van der Waals surface area contributed by atoms with Gasteiger partial charge in [-0.05, 0) is 36.8 Å². The number of benzene rings is 1. The Morgan fingerprint density at radius 1 is 1.35 bits per heavy atom. The number of aromatic nitrogens is 1. The van der Waals surface area contributed by atoms with Gasteiger partial charge in [0.2, 0.25) is 0 Å². The zero-order valence-corrected chi connectivity index (χ0v) is 11.2. The molecule has 1 amide bonds. The first-order valence-corrected chi connectivity index (χ1v) is 6.22. The molecule has 0 atom stereocenters. The van der Waals surface area contributed by atoms with Crippen LogP contribution in [0, 0.1) is 18.8 Å². The van der Waals surface area contributed by atoms with E-state index in [4.69, 9.17) is 5.73 Å². The zero-order chi connectivity index (χ0) is 14.4. The number of carbonyl (C=O) groups excluding carboxylic acids is 1. The van der Waals surface area contributed by atoms with Gasteiger partial charge in [0, 0.05) is 11.8 Å². The highest BCUT2D eigenvalue weighted by Crippen LogP contribution is 2.17. The first-order valence-electron chi connectivity index (χ1n) is 6.22. The SMILES string of the molecule is Cc1ccc(C#CCN)c(NC(=O)c2ccccn2)c1. The number of nitrogens with zero attached hydrogens (tertiary/aromatic N) is 1. The third-order valence-corrected chi connectivity index (χ3v) is 2.65. The summed E-state index contributed by atoms with van der Waals surface area (Å²) < 4.78 is 0. The number of aryl methyl sites for hydroxylation is 1. The predicted molar refractivity (Wildman–Crippen MR) is 79.3 cm³/mol. The molecule has 3 N–H and O–H groups in total. The lowest BCUT2D eigenvalue weighted by molar-refractivity contribution is 0.102. The van der Waals surface area contributed by atoms with Crippen LogP contribution >= 0.6 is 0 Å². The monoisotopic (exact) mass is 265 g/mol. The summed E-state index contributed by atoms with van der Waals surface area (Å²) in [4.78, 5) is 16.1. The van der Waals surface area contributed by atoms with Crippen molar-refractivity contribution >= 4 is 11.6 Å². The molecular weight excluding hydrogens is 250 g/mol. The van der Waals surface area contributed by atoms with E-state index in [1.54, 1.807) is 24.4 Å². The maximum atomic E-state index is 12.1. The van der Waals surface area contributed by atoms with E-state index in [0.29, 0.717) is 11.4 Å². The number of nitrogens with two attached hydrogens (primary N) is 1. The van der Waals surface area contributed by atoms with E-state index in [9.17, 15) is 4.79 Å². The summed E-state index contributed by atoms with van der Waals surface area (Å²) in [5.74, 6) is 5.48. The molecule has 0 aliphatic heterocycles. The van der Waals surface area contributed by atoms with Crippen LogP contribution < -0.4 is 11.1 Å². The van der Waals surface area contributed by atoms with E-state index < -0.39 is 0 Å². The number of carbonyl (C=O) groups is 1. The Labute approximate surface area is 118 Å². The number of amides is 1. The van der Waals surface area contributed by atoms with Gasteiger partial charge in [-0.1, -0.05) is 24.0 Å². The lowest BCUT2D eigenvalue weighted by atomic mass is 10.1. The third kappa shape index (κ3) is 3.44. The zero-order valence-electron chi connectivity index (χ0n) is 11.2. The smallest absolute Gasteiger partial charge is 0.274 e. The Hall–Kier alpha value is -2.64.